The monoisotopic (exact) mass is 268 g/mol. The molecule has 2 rings (SSSR count). The quantitative estimate of drug-likeness (QED) is 0.826. The second-order valence-electron chi connectivity index (χ2n) is 3.26. The first-order chi connectivity index (χ1) is 8.16. The minimum Gasteiger partial charge on any atom is -0.389 e. The highest BCUT2D eigenvalue weighted by molar-refractivity contribution is 7.80. The Labute approximate surface area is 108 Å². The number of nitrogens with two attached hydrogens (primary N) is 1. The van der Waals surface area contributed by atoms with Crippen molar-refractivity contribution < 1.29 is 4.52 Å². The number of nitrogens with zero attached hydrogens (tertiary/aromatic N) is 2. The van der Waals surface area contributed by atoms with Crippen molar-refractivity contribution in [1.82, 2.24) is 10.1 Å². The van der Waals surface area contributed by atoms with Crippen LogP contribution in [0.1, 0.15) is 11.4 Å². The molecule has 2 aromatic rings. The lowest BCUT2D eigenvalue weighted by molar-refractivity contribution is 0.411. The highest BCUT2D eigenvalue weighted by Gasteiger charge is 2.07. The Morgan fingerprint density at radius 1 is 1.53 bits per heavy atom. The SMILES string of the molecule is NC(=S)c1cc(Cl)ccc1NCc1ncon1. The van der Waals surface area contributed by atoms with Gasteiger partial charge in [0.15, 0.2) is 5.82 Å². The number of thiocarbonyl (C=S) groups is 1. The van der Waals surface area contributed by atoms with E-state index in [1.807, 2.05) is 0 Å². The van der Waals surface area contributed by atoms with E-state index in [1.54, 1.807) is 18.2 Å². The Kier molecular flexibility index (Phi) is 3.55. The number of hydrogen-bond acceptors (Lipinski definition) is 5. The fourth-order valence-electron chi connectivity index (χ4n) is 1.32. The fourth-order valence-corrected chi connectivity index (χ4v) is 1.66. The Morgan fingerprint density at radius 2 is 2.35 bits per heavy atom. The summed E-state index contributed by atoms with van der Waals surface area (Å²) < 4.78 is 4.63. The number of aromatic nitrogens is 2. The molecule has 1 aromatic heterocycles. The maximum absolute atomic E-state index is 5.88. The summed E-state index contributed by atoms with van der Waals surface area (Å²) in [6.07, 6.45) is 1.27. The first-order valence-electron chi connectivity index (χ1n) is 4.75. The summed E-state index contributed by atoms with van der Waals surface area (Å²) in [4.78, 5) is 4.17. The van der Waals surface area contributed by atoms with E-state index in [2.05, 4.69) is 20.0 Å². The van der Waals surface area contributed by atoms with Crippen LogP contribution in [-0.2, 0) is 6.54 Å². The van der Waals surface area contributed by atoms with E-state index < -0.39 is 0 Å². The maximum atomic E-state index is 5.88. The average Bonchev–Trinajstić information content (AvgIpc) is 2.80. The second kappa shape index (κ2) is 5.11. The molecule has 1 aromatic carbocycles. The van der Waals surface area contributed by atoms with E-state index in [0.717, 1.165) is 5.69 Å². The molecule has 88 valence electrons. The molecule has 17 heavy (non-hydrogen) atoms. The number of rotatable bonds is 4. The summed E-state index contributed by atoms with van der Waals surface area (Å²) in [5.41, 5.74) is 7.09. The van der Waals surface area contributed by atoms with Crippen molar-refractivity contribution in [2.45, 2.75) is 6.54 Å². The lowest BCUT2D eigenvalue weighted by Crippen LogP contribution is -2.13. The van der Waals surface area contributed by atoms with Gasteiger partial charge in [0.05, 0.1) is 6.54 Å². The van der Waals surface area contributed by atoms with Crippen LogP contribution in [0.25, 0.3) is 0 Å². The zero-order chi connectivity index (χ0) is 12.3. The normalized spacial score (nSPS) is 10.2. The number of halogens is 1. The summed E-state index contributed by atoms with van der Waals surface area (Å²) >= 11 is 10.8. The molecule has 0 radical (unpaired) electrons. The van der Waals surface area contributed by atoms with Crippen LogP contribution in [0.3, 0.4) is 0 Å². The summed E-state index contributed by atoms with van der Waals surface area (Å²) in [6.45, 7) is 0.424. The third-order valence-electron chi connectivity index (χ3n) is 2.09. The van der Waals surface area contributed by atoms with E-state index in [1.165, 1.54) is 6.39 Å². The van der Waals surface area contributed by atoms with Crippen LogP contribution in [0.2, 0.25) is 5.02 Å². The number of nitrogens with one attached hydrogen (secondary N) is 1. The zero-order valence-electron chi connectivity index (χ0n) is 8.68. The van der Waals surface area contributed by atoms with E-state index in [9.17, 15) is 0 Å². The van der Waals surface area contributed by atoms with Crippen molar-refractivity contribution in [2.24, 2.45) is 5.73 Å². The molecule has 0 spiro atoms. The van der Waals surface area contributed by atoms with Crippen molar-refractivity contribution >= 4 is 34.5 Å². The van der Waals surface area contributed by atoms with Crippen molar-refractivity contribution in [1.29, 1.82) is 0 Å². The van der Waals surface area contributed by atoms with Crippen LogP contribution in [0.15, 0.2) is 29.1 Å². The molecule has 0 aliphatic rings. The van der Waals surface area contributed by atoms with E-state index >= 15 is 0 Å². The minimum atomic E-state index is 0.281. The number of benzene rings is 1. The van der Waals surface area contributed by atoms with E-state index in [4.69, 9.17) is 29.6 Å². The summed E-state index contributed by atoms with van der Waals surface area (Å²) in [7, 11) is 0. The van der Waals surface area contributed by atoms with Gasteiger partial charge in [-0.1, -0.05) is 29.0 Å². The molecule has 0 atom stereocenters. The van der Waals surface area contributed by atoms with Crippen LogP contribution >= 0.6 is 23.8 Å². The van der Waals surface area contributed by atoms with E-state index in [-0.39, 0.29) is 4.99 Å². The predicted molar refractivity (Wildman–Crippen MR) is 69.0 cm³/mol. The van der Waals surface area contributed by atoms with Crippen molar-refractivity contribution in [3.63, 3.8) is 0 Å². The zero-order valence-corrected chi connectivity index (χ0v) is 10.3. The topological polar surface area (TPSA) is 77.0 Å². The number of anilines is 1. The second-order valence-corrected chi connectivity index (χ2v) is 4.13. The van der Waals surface area contributed by atoms with Crippen molar-refractivity contribution in [3.05, 3.63) is 41.0 Å². The Morgan fingerprint density at radius 3 is 3.00 bits per heavy atom. The lowest BCUT2D eigenvalue weighted by Gasteiger charge is -2.09. The Balaban J connectivity index is 2.17. The predicted octanol–water partition coefficient (Wildman–Crippen LogP) is 1.97. The lowest BCUT2D eigenvalue weighted by atomic mass is 10.2. The molecule has 0 aliphatic carbocycles. The summed E-state index contributed by atoms with van der Waals surface area (Å²) in [5.74, 6) is 0.550. The van der Waals surface area contributed by atoms with Gasteiger partial charge in [0.2, 0.25) is 6.39 Å². The molecule has 0 saturated heterocycles. The van der Waals surface area contributed by atoms with Crippen molar-refractivity contribution in [2.75, 3.05) is 5.32 Å². The molecule has 1 heterocycles. The molecule has 0 amide bonds. The smallest absolute Gasteiger partial charge is 0.213 e. The Hall–Kier alpha value is -1.66. The molecular weight excluding hydrogens is 260 g/mol. The summed E-state index contributed by atoms with van der Waals surface area (Å²) in [5, 5.41) is 7.38. The molecule has 0 aliphatic heterocycles. The fraction of sp³-hybridized carbons (Fsp3) is 0.100. The molecule has 0 saturated carbocycles. The van der Waals surface area contributed by atoms with Crippen molar-refractivity contribution in [3.8, 4) is 0 Å². The highest BCUT2D eigenvalue weighted by Crippen LogP contribution is 2.21. The van der Waals surface area contributed by atoms with Crippen LogP contribution in [0.5, 0.6) is 0 Å². The van der Waals surface area contributed by atoms with Gasteiger partial charge in [0.25, 0.3) is 0 Å². The third-order valence-corrected chi connectivity index (χ3v) is 2.55. The van der Waals surface area contributed by atoms with Gasteiger partial charge in [0.1, 0.15) is 4.99 Å². The van der Waals surface area contributed by atoms with Gasteiger partial charge in [-0.15, -0.1) is 0 Å². The first-order valence-corrected chi connectivity index (χ1v) is 5.54. The Bertz CT molecular complexity index is 529. The molecule has 0 bridgehead atoms. The maximum Gasteiger partial charge on any atom is 0.213 e. The largest absolute Gasteiger partial charge is 0.389 e. The molecule has 0 fully saturated rings. The van der Waals surface area contributed by atoms with Gasteiger partial charge in [0, 0.05) is 16.3 Å². The van der Waals surface area contributed by atoms with Gasteiger partial charge in [-0.25, -0.2) is 0 Å². The van der Waals surface area contributed by atoms with Crippen LogP contribution in [0.4, 0.5) is 5.69 Å². The van der Waals surface area contributed by atoms with Gasteiger partial charge in [-0.2, -0.15) is 4.98 Å². The number of hydrogen-bond donors (Lipinski definition) is 2. The van der Waals surface area contributed by atoms with Crippen LogP contribution in [-0.4, -0.2) is 15.1 Å². The van der Waals surface area contributed by atoms with Crippen LogP contribution < -0.4 is 11.1 Å². The standard InChI is InChI=1S/C10H9ClN4OS/c11-6-1-2-8(7(3-6)10(12)17)13-4-9-14-5-16-15-9/h1-3,5,13H,4H2,(H2,12,17). The average molecular weight is 269 g/mol. The summed E-state index contributed by atoms with van der Waals surface area (Å²) in [6, 6.07) is 5.27. The van der Waals surface area contributed by atoms with Gasteiger partial charge < -0.3 is 15.6 Å². The van der Waals surface area contributed by atoms with E-state index in [0.29, 0.717) is 23.0 Å². The molecule has 5 nitrogen and oxygen atoms in total. The van der Waals surface area contributed by atoms with Crippen LogP contribution in [0, 0.1) is 0 Å². The highest BCUT2D eigenvalue weighted by atomic mass is 35.5. The molecular formula is C10H9ClN4OS. The van der Waals surface area contributed by atoms with Gasteiger partial charge >= 0.3 is 0 Å². The van der Waals surface area contributed by atoms with Gasteiger partial charge in [-0.3, -0.25) is 0 Å². The molecule has 3 N–H and O–H groups in total. The van der Waals surface area contributed by atoms with Gasteiger partial charge in [-0.05, 0) is 18.2 Å². The minimum absolute atomic E-state index is 0.281. The molecule has 7 heteroatoms. The molecule has 0 unspecified atom stereocenters. The first kappa shape index (κ1) is 11.8. The third kappa shape index (κ3) is 2.92.